The van der Waals surface area contributed by atoms with Crippen molar-refractivity contribution in [2.45, 2.75) is 192 Å². The summed E-state index contributed by atoms with van der Waals surface area (Å²) in [5, 5.41) is 0. The van der Waals surface area contributed by atoms with E-state index >= 15 is 0 Å². The van der Waals surface area contributed by atoms with Crippen molar-refractivity contribution >= 4 is 35.1 Å². The molecule has 2 aliphatic carbocycles. The zero-order chi connectivity index (χ0) is 47.9. The minimum atomic E-state index is -5.17. The van der Waals surface area contributed by atoms with Gasteiger partial charge < -0.3 is 0 Å². The molecule has 0 saturated carbocycles. The van der Waals surface area contributed by atoms with Crippen LogP contribution < -0.4 is 0 Å². The molecule has 4 aromatic carbocycles. The number of hydrogen-bond donors (Lipinski definition) is 0. The van der Waals surface area contributed by atoms with Crippen LogP contribution in [0, 0.1) is 11.8 Å². The van der Waals surface area contributed by atoms with E-state index in [0.29, 0.717) is 11.8 Å². The first-order valence-corrected chi connectivity index (χ1v) is 41.4. The van der Waals surface area contributed by atoms with Gasteiger partial charge in [-0.3, -0.25) is 0 Å². The Morgan fingerprint density at radius 1 is 0.500 bits per heavy atom. The van der Waals surface area contributed by atoms with Crippen LogP contribution in [0.15, 0.2) is 71.8 Å². The fourth-order valence-electron chi connectivity index (χ4n) is 11.0. The van der Waals surface area contributed by atoms with E-state index < -0.39 is 21.5 Å². The fraction of sp³-hybridized carbons (Fsp3) is 0.533. The van der Waals surface area contributed by atoms with Gasteiger partial charge in [0.15, 0.2) is 0 Å². The molecule has 2 aliphatic rings. The first-order chi connectivity index (χ1) is 29.4. The molecule has 0 nitrogen and oxygen atoms in total. The molecule has 4 aromatic rings. The molecule has 4 heteroatoms. The van der Waals surface area contributed by atoms with Crippen molar-refractivity contribution in [2.24, 2.45) is 11.8 Å². The van der Waals surface area contributed by atoms with Gasteiger partial charge in [-0.1, -0.05) is 0 Å². The summed E-state index contributed by atoms with van der Waals surface area (Å²) in [6, 6.07) is 24.8. The molecule has 0 amide bonds. The van der Waals surface area contributed by atoms with Crippen LogP contribution in [0.1, 0.15) is 200 Å². The summed E-state index contributed by atoms with van der Waals surface area (Å²) in [5.74, 6) is -1.10. The summed E-state index contributed by atoms with van der Waals surface area (Å²) in [4.78, 5) is 0. The summed E-state index contributed by atoms with van der Waals surface area (Å²) >= 11 is -5.17. The Labute approximate surface area is 401 Å². The summed E-state index contributed by atoms with van der Waals surface area (Å²) in [6.45, 7) is 47.6. The second-order valence-corrected chi connectivity index (χ2v) is 67.2. The molecule has 0 fully saturated rings. The SMILES string of the molecule is CCc1ccc2c(c1-c1cc(C(C)(C)C)cc(C(C)(C)C)c1)C=C(C(C)CC)[CH]2[Zr]([Cl])([Cl])([CH]1C(C(C)CC)=Cc2c1ccc(CC)c2-c1cc(C(C)(C)C)cc(C(C)(C)C)c1)[SiH](C)C. The van der Waals surface area contributed by atoms with E-state index in [2.05, 4.69) is 211 Å². The number of benzene rings is 4. The van der Waals surface area contributed by atoms with Gasteiger partial charge >= 0.3 is 405 Å². The van der Waals surface area contributed by atoms with Gasteiger partial charge in [-0.15, -0.1) is 0 Å². The van der Waals surface area contributed by atoms with E-state index in [1.165, 1.54) is 89.0 Å². The first-order valence-electron chi connectivity index (χ1n) is 25.1. The van der Waals surface area contributed by atoms with E-state index in [0.717, 1.165) is 25.7 Å². The van der Waals surface area contributed by atoms with Crippen LogP contribution in [0.4, 0.5) is 0 Å². The average molecular weight is 997 g/mol. The molecule has 0 spiro atoms. The normalized spacial score (nSPS) is 18.6. The van der Waals surface area contributed by atoms with Crippen molar-refractivity contribution < 1.29 is 15.6 Å². The van der Waals surface area contributed by atoms with Crippen LogP contribution in [-0.2, 0) is 50.1 Å². The zero-order valence-corrected chi connectivity index (χ0v) is 49.0. The molecule has 0 bridgehead atoms. The van der Waals surface area contributed by atoms with Gasteiger partial charge in [-0.2, -0.15) is 0 Å². The monoisotopic (exact) mass is 993 g/mol. The van der Waals surface area contributed by atoms with Crippen LogP contribution in [-0.4, -0.2) is 5.92 Å². The quantitative estimate of drug-likeness (QED) is 0.131. The van der Waals surface area contributed by atoms with Gasteiger partial charge in [0.05, 0.1) is 0 Å². The topological polar surface area (TPSA) is 0 Å². The predicted octanol–water partition coefficient (Wildman–Crippen LogP) is 19.0. The van der Waals surface area contributed by atoms with Crippen molar-refractivity contribution in [1.82, 2.24) is 0 Å². The van der Waals surface area contributed by atoms with E-state index in [9.17, 15) is 17.0 Å². The van der Waals surface area contributed by atoms with E-state index in [1.807, 2.05) is 0 Å². The number of allylic oxidation sites excluding steroid dienone is 2. The molecule has 0 N–H and O–H groups in total. The van der Waals surface area contributed by atoms with Gasteiger partial charge in [-0.05, 0) is 0 Å². The Morgan fingerprint density at radius 3 is 1.03 bits per heavy atom. The van der Waals surface area contributed by atoms with Gasteiger partial charge in [0.2, 0.25) is 0 Å². The molecular formula is C60H85Cl2SiZr. The Morgan fingerprint density at radius 2 is 0.797 bits per heavy atom. The Balaban J connectivity index is 1.73. The second-order valence-electron chi connectivity index (χ2n) is 24.7. The molecular weight excluding hydrogens is 911 g/mol. The minimum absolute atomic E-state index is 0.0131. The van der Waals surface area contributed by atoms with E-state index in [-0.39, 0.29) is 28.9 Å². The van der Waals surface area contributed by atoms with Crippen LogP contribution in [0.5, 0.6) is 0 Å². The van der Waals surface area contributed by atoms with Crippen LogP contribution >= 0.6 is 17.0 Å². The average Bonchev–Trinajstić information content (AvgIpc) is 3.81. The van der Waals surface area contributed by atoms with Crippen molar-refractivity contribution in [1.29, 1.82) is 0 Å². The molecule has 6 rings (SSSR count). The fourth-order valence-corrected chi connectivity index (χ4v) is 42.2. The van der Waals surface area contributed by atoms with Gasteiger partial charge in [-0.25, -0.2) is 0 Å². The third-order valence-electron chi connectivity index (χ3n) is 15.9. The Bertz CT molecular complexity index is 2250. The molecule has 0 aliphatic heterocycles. The van der Waals surface area contributed by atoms with E-state index in [4.69, 9.17) is 0 Å². The number of halogens is 2. The summed E-state index contributed by atoms with van der Waals surface area (Å²) in [6.07, 6.45) is 9.29. The predicted molar refractivity (Wildman–Crippen MR) is 288 cm³/mol. The Kier molecular flexibility index (Phi) is 14.3. The molecule has 4 unspecified atom stereocenters. The number of rotatable bonds is 11. The number of hydrogen-bond acceptors (Lipinski definition) is 0. The third kappa shape index (κ3) is 9.05. The van der Waals surface area contributed by atoms with Crippen LogP contribution in [0.3, 0.4) is 0 Å². The third-order valence-corrected chi connectivity index (χ3v) is 67.5. The molecule has 347 valence electrons. The zero-order valence-electron chi connectivity index (χ0n) is 43.9. The van der Waals surface area contributed by atoms with Crippen molar-refractivity contribution in [3.05, 3.63) is 127 Å². The summed E-state index contributed by atoms with van der Waals surface area (Å²) in [5.41, 5.74) is 22.4. The molecule has 0 radical (unpaired) electrons. The van der Waals surface area contributed by atoms with Gasteiger partial charge in [0.25, 0.3) is 0 Å². The molecule has 0 saturated heterocycles. The first kappa shape index (κ1) is 51.4. The molecule has 4 atom stereocenters. The maximum atomic E-state index is 9.23. The molecule has 0 heterocycles. The van der Waals surface area contributed by atoms with Crippen LogP contribution in [0.25, 0.3) is 34.4 Å². The number of fused-ring (bicyclic) bond motifs is 2. The van der Waals surface area contributed by atoms with Crippen molar-refractivity contribution in [3.8, 4) is 22.3 Å². The van der Waals surface area contributed by atoms with Gasteiger partial charge in [0.1, 0.15) is 0 Å². The van der Waals surface area contributed by atoms with Crippen molar-refractivity contribution in [3.63, 3.8) is 0 Å². The second kappa shape index (κ2) is 17.8. The maximum absolute atomic E-state index is 9.23. The Hall–Kier alpha value is -1.96. The summed E-state index contributed by atoms with van der Waals surface area (Å²) in [7, 11) is 18.5. The molecule has 64 heavy (non-hydrogen) atoms. The van der Waals surface area contributed by atoms with E-state index in [1.54, 1.807) is 0 Å². The van der Waals surface area contributed by atoms with Crippen LogP contribution in [0.2, 0.25) is 13.1 Å². The summed E-state index contributed by atoms with van der Waals surface area (Å²) < 4.78 is 0.0710. The molecule has 0 aromatic heterocycles. The number of aryl methyl sites for hydroxylation is 2. The standard InChI is InChI=1S/2C29H39.C2H7Si.2ClH.Zr/c2*1-10-19(3)22-14-21-13-12-20(11-2)27(26(21)17-22)23-15-24(28(4,5)6)18-25(16-23)29(7,8)9;1-3-2;;;/h2*12-19H,10-11H2,1-9H3;3H,1-2H3;2*1H;/q;;;;;+2/p-2. The van der Waals surface area contributed by atoms with Crippen molar-refractivity contribution in [2.75, 3.05) is 0 Å². The van der Waals surface area contributed by atoms with Gasteiger partial charge in [0, 0.05) is 0 Å².